The van der Waals surface area contributed by atoms with Gasteiger partial charge in [-0.15, -0.1) is 0 Å². The summed E-state index contributed by atoms with van der Waals surface area (Å²) in [5.74, 6) is 0.590. The van der Waals surface area contributed by atoms with Gasteiger partial charge < -0.3 is 9.64 Å². The Morgan fingerprint density at radius 3 is 2.85 bits per heavy atom. The first-order valence-electron chi connectivity index (χ1n) is 6.29. The lowest BCUT2D eigenvalue weighted by molar-refractivity contribution is -0.0345. The monoisotopic (exact) mass is 304 g/mol. The molecule has 1 aromatic rings. The Morgan fingerprint density at radius 1 is 1.45 bits per heavy atom. The predicted molar refractivity (Wildman–Crippen MR) is 73.1 cm³/mol. The SMILES string of the molecule is COc1ccc2c(c1)[C@@]1(SC(F)(F)F)CCN[C@H]1N2C. The minimum absolute atomic E-state index is 0.0883. The summed E-state index contributed by atoms with van der Waals surface area (Å²) < 4.78 is 43.3. The number of thioether (sulfide) groups is 1. The molecule has 3 nitrogen and oxygen atoms in total. The number of hydrogen-bond donors (Lipinski definition) is 1. The van der Waals surface area contributed by atoms with Crippen LogP contribution in [0.4, 0.5) is 18.9 Å². The van der Waals surface area contributed by atoms with Crippen LogP contribution in [0.25, 0.3) is 0 Å². The number of ether oxygens (including phenoxy) is 1. The molecule has 0 aromatic heterocycles. The molecule has 1 fully saturated rings. The first-order valence-corrected chi connectivity index (χ1v) is 7.11. The van der Waals surface area contributed by atoms with E-state index in [1.54, 1.807) is 12.1 Å². The zero-order valence-corrected chi connectivity index (χ0v) is 11.9. The van der Waals surface area contributed by atoms with Crippen molar-refractivity contribution in [3.05, 3.63) is 23.8 Å². The molecule has 2 heterocycles. The number of anilines is 1. The number of fused-ring (bicyclic) bond motifs is 3. The van der Waals surface area contributed by atoms with Gasteiger partial charge in [0.05, 0.1) is 18.0 Å². The fraction of sp³-hybridized carbons (Fsp3) is 0.538. The molecule has 0 saturated carbocycles. The molecule has 0 unspecified atom stereocenters. The van der Waals surface area contributed by atoms with Gasteiger partial charge in [-0.05, 0) is 48.5 Å². The first kappa shape index (κ1) is 13.9. The smallest absolute Gasteiger partial charge is 0.442 e. The molecule has 0 radical (unpaired) electrons. The van der Waals surface area contributed by atoms with Gasteiger partial charge in [0.15, 0.2) is 0 Å². The minimum Gasteiger partial charge on any atom is -0.497 e. The van der Waals surface area contributed by atoms with Crippen molar-refractivity contribution in [2.75, 3.05) is 25.6 Å². The van der Waals surface area contributed by atoms with E-state index in [9.17, 15) is 13.2 Å². The third kappa shape index (κ3) is 1.95. The highest BCUT2D eigenvalue weighted by Crippen LogP contribution is 2.59. The highest BCUT2D eigenvalue weighted by Gasteiger charge is 2.58. The number of methoxy groups -OCH3 is 1. The van der Waals surface area contributed by atoms with Gasteiger partial charge in [0, 0.05) is 12.7 Å². The van der Waals surface area contributed by atoms with Crippen LogP contribution in [0.2, 0.25) is 0 Å². The van der Waals surface area contributed by atoms with Gasteiger partial charge in [-0.25, -0.2) is 0 Å². The second-order valence-electron chi connectivity index (χ2n) is 5.04. The molecule has 20 heavy (non-hydrogen) atoms. The largest absolute Gasteiger partial charge is 0.497 e. The van der Waals surface area contributed by atoms with E-state index in [1.165, 1.54) is 7.11 Å². The Labute approximate surface area is 119 Å². The zero-order valence-electron chi connectivity index (χ0n) is 11.1. The maximum Gasteiger partial charge on any atom is 0.442 e. The van der Waals surface area contributed by atoms with Crippen LogP contribution < -0.4 is 15.0 Å². The highest BCUT2D eigenvalue weighted by atomic mass is 32.2. The van der Waals surface area contributed by atoms with Gasteiger partial charge in [-0.2, -0.15) is 13.2 Å². The summed E-state index contributed by atoms with van der Waals surface area (Å²) in [6.07, 6.45) is 0.114. The van der Waals surface area contributed by atoms with E-state index < -0.39 is 10.3 Å². The standard InChI is InChI=1S/C13H15F3N2OS/c1-18-10-4-3-8(19-2)7-9(10)12(20-13(14,15)16)5-6-17-11(12)18/h3-4,7,11,17H,5-6H2,1-2H3/t11-,12-/m0/s1. The summed E-state index contributed by atoms with van der Waals surface area (Å²) in [6, 6.07) is 5.34. The van der Waals surface area contributed by atoms with Crippen molar-refractivity contribution in [1.82, 2.24) is 5.32 Å². The van der Waals surface area contributed by atoms with Crippen LogP contribution in [0.3, 0.4) is 0 Å². The molecule has 7 heteroatoms. The van der Waals surface area contributed by atoms with Crippen LogP contribution in [-0.4, -0.2) is 32.4 Å². The van der Waals surface area contributed by atoms with E-state index in [1.807, 2.05) is 18.0 Å². The van der Waals surface area contributed by atoms with Crippen molar-refractivity contribution in [2.45, 2.75) is 22.8 Å². The third-order valence-electron chi connectivity index (χ3n) is 4.00. The van der Waals surface area contributed by atoms with Gasteiger partial charge in [0.2, 0.25) is 0 Å². The lowest BCUT2D eigenvalue weighted by Gasteiger charge is -2.31. The predicted octanol–water partition coefficient (Wildman–Crippen LogP) is 2.91. The Morgan fingerprint density at radius 2 is 2.20 bits per heavy atom. The lowest BCUT2D eigenvalue weighted by Crippen LogP contribution is -2.45. The van der Waals surface area contributed by atoms with Gasteiger partial charge in [0.1, 0.15) is 5.75 Å². The van der Waals surface area contributed by atoms with Crippen molar-refractivity contribution in [3.8, 4) is 5.75 Å². The highest BCUT2D eigenvalue weighted by molar-refractivity contribution is 8.01. The van der Waals surface area contributed by atoms with Gasteiger partial charge >= 0.3 is 5.51 Å². The molecule has 0 spiro atoms. The topological polar surface area (TPSA) is 24.5 Å². The van der Waals surface area contributed by atoms with Crippen molar-refractivity contribution in [1.29, 1.82) is 0 Å². The molecule has 0 amide bonds. The van der Waals surface area contributed by atoms with E-state index in [-0.39, 0.29) is 17.9 Å². The number of nitrogens with zero attached hydrogens (tertiary/aromatic N) is 1. The van der Waals surface area contributed by atoms with Crippen molar-refractivity contribution >= 4 is 17.4 Å². The molecular formula is C13H15F3N2OS. The van der Waals surface area contributed by atoms with E-state index in [4.69, 9.17) is 4.74 Å². The van der Waals surface area contributed by atoms with E-state index >= 15 is 0 Å². The van der Waals surface area contributed by atoms with E-state index in [2.05, 4.69) is 5.32 Å². The fourth-order valence-electron chi connectivity index (χ4n) is 3.22. The van der Waals surface area contributed by atoms with Crippen LogP contribution in [0.5, 0.6) is 5.75 Å². The average Bonchev–Trinajstić information content (AvgIpc) is 2.87. The van der Waals surface area contributed by atoms with Gasteiger partial charge in [-0.1, -0.05) is 0 Å². The molecule has 2 atom stereocenters. The maximum absolute atomic E-state index is 13.0. The Kier molecular flexibility index (Phi) is 3.10. The Balaban J connectivity index is 2.12. The number of likely N-dealkylation sites (N-methyl/N-ethyl adjacent to an activating group) is 1. The quantitative estimate of drug-likeness (QED) is 0.908. The second-order valence-corrected chi connectivity index (χ2v) is 6.43. The summed E-state index contributed by atoms with van der Waals surface area (Å²) >= 11 is 0.0883. The summed E-state index contributed by atoms with van der Waals surface area (Å²) in [4.78, 5) is 1.89. The molecule has 1 saturated heterocycles. The van der Waals surface area contributed by atoms with Crippen LogP contribution in [-0.2, 0) is 4.75 Å². The Bertz CT molecular complexity index is 537. The van der Waals surface area contributed by atoms with Crippen molar-refractivity contribution < 1.29 is 17.9 Å². The van der Waals surface area contributed by atoms with Crippen LogP contribution in [0.1, 0.15) is 12.0 Å². The molecule has 110 valence electrons. The number of hydrogen-bond acceptors (Lipinski definition) is 4. The molecule has 3 rings (SSSR count). The molecule has 0 aliphatic carbocycles. The van der Waals surface area contributed by atoms with Crippen LogP contribution in [0, 0.1) is 0 Å². The van der Waals surface area contributed by atoms with Gasteiger partial charge in [-0.3, -0.25) is 5.32 Å². The summed E-state index contributed by atoms with van der Waals surface area (Å²) in [5.41, 5.74) is -2.73. The molecule has 0 bridgehead atoms. The molecule has 2 aliphatic heterocycles. The Hall–Kier alpha value is -1.08. The summed E-state index contributed by atoms with van der Waals surface area (Å²) in [7, 11) is 3.35. The van der Waals surface area contributed by atoms with E-state index in [0.29, 0.717) is 24.3 Å². The maximum atomic E-state index is 13.0. The van der Waals surface area contributed by atoms with E-state index in [0.717, 1.165) is 5.69 Å². The number of halogens is 3. The average molecular weight is 304 g/mol. The van der Waals surface area contributed by atoms with Gasteiger partial charge in [0.25, 0.3) is 0 Å². The van der Waals surface area contributed by atoms with Crippen molar-refractivity contribution in [2.24, 2.45) is 0 Å². The van der Waals surface area contributed by atoms with Crippen LogP contribution in [0.15, 0.2) is 18.2 Å². The number of alkyl halides is 3. The number of benzene rings is 1. The summed E-state index contributed by atoms with van der Waals surface area (Å²) in [6.45, 7) is 0.578. The molecule has 1 N–H and O–H groups in total. The normalized spacial score (nSPS) is 28.4. The zero-order chi connectivity index (χ0) is 14.5. The number of nitrogens with one attached hydrogen (secondary N) is 1. The molecular weight excluding hydrogens is 289 g/mol. The molecule has 1 aromatic carbocycles. The number of rotatable bonds is 2. The molecule has 2 aliphatic rings. The van der Waals surface area contributed by atoms with Crippen molar-refractivity contribution in [3.63, 3.8) is 0 Å². The van der Waals surface area contributed by atoms with Crippen LogP contribution >= 0.6 is 11.8 Å². The lowest BCUT2D eigenvalue weighted by atomic mass is 9.97. The second kappa shape index (κ2) is 4.46. The third-order valence-corrected chi connectivity index (χ3v) is 5.24. The fourth-order valence-corrected chi connectivity index (χ4v) is 4.47. The first-order chi connectivity index (χ1) is 9.37. The minimum atomic E-state index is -4.27. The summed E-state index contributed by atoms with van der Waals surface area (Å²) in [5, 5.41) is 3.18.